The van der Waals surface area contributed by atoms with Crippen molar-refractivity contribution in [3.8, 4) is 11.3 Å². The second kappa shape index (κ2) is 7.69. The second-order valence-corrected chi connectivity index (χ2v) is 8.45. The fraction of sp³-hybridized carbons (Fsp3) is 0.167. The topological polar surface area (TPSA) is 76.0 Å². The maximum Gasteiger partial charge on any atom is 0.417 e. The van der Waals surface area contributed by atoms with Gasteiger partial charge in [-0.2, -0.15) is 13.2 Å². The summed E-state index contributed by atoms with van der Waals surface area (Å²) < 4.78 is 67.6. The van der Waals surface area contributed by atoms with Crippen molar-refractivity contribution in [2.45, 2.75) is 11.1 Å². The molecule has 0 fully saturated rings. The minimum absolute atomic E-state index is 0.00158. The van der Waals surface area contributed by atoms with Crippen LogP contribution in [0.5, 0.6) is 0 Å². The summed E-state index contributed by atoms with van der Waals surface area (Å²) in [6.07, 6.45) is -1.41. The minimum Gasteiger partial charge on any atom is -0.355 e. The Bertz CT molecular complexity index is 1160. The minimum atomic E-state index is -4.61. The fourth-order valence-electron chi connectivity index (χ4n) is 2.66. The molecule has 29 heavy (non-hydrogen) atoms. The molecular weight excluding hydrogens is 429 g/mol. The van der Waals surface area contributed by atoms with Gasteiger partial charge in [-0.1, -0.05) is 11.6 Å². The van der Waals surface area contributed by atoms with Crippen molar-refractivity contribution in [1.29, 1.82) is 0 Å². The van der Waals surface area contributed by atoms with Gasteiger partial charge in [0.25, 0.3) is 0 Å². The van der Waals surface area contributed by atoms with Gasteiger partial charge in [0.2, 0.25) is 10.0 Å². The number of rotatable bonds is 5. The van der Waals surface area contributed by atoms with E-state index in [1.165, 1.54) is 37.6 Å². The van der Waals surface area contributed by atoms with E-state index in [-0.39, 0.29) is 10.6 Å². The van der Waals surface area contributed by atoms with Crippen molar-refractivity contribution in [2.24, 2.45) is 7.05 Å². The number of benzene rings is 2. The van der Waals surface area contributed by atoms with Gasteiger partial charge in [0, 0.05) is 30.2 Å². The molecule has 0 saturated heterocycles. The van der Waals surface area contributed by atoms with Gasteiger partial charge in [0.1, 0.15) is 0 Å². The van der Waals surface area contributed by atoms with Gasteiger partial charge >= 0.3 is 6.18 Å². The zero-order valence-electron chi connectivity index (χ0n) is 15.2. The molecule has 0 bridgehead atoms. The van der Waals surface area contributed by atoms with Gasteiger partial charge in [0.05, 0.1) is 27.5 Å². The van der Waals surface area contributed by atoms with E-state index in [0.717, 1.165) is 12.1 Å². The van der Waals surface area contributed by atoms with Crippen LogP contribution in [-0.4, -0.2) is 25.0 Å². The Kier molecular flexibility index (Phi) is 5.61. The number of nitrogens with one attached hydrogen (secondary N) is 2. The van der Waals surface area contributed by atoms with Crippen molar-refractivity contribution in [3.05, 3.63) is 59.5 Å². The Morgan fingerprint density at radius 3 is 2.45 bits per heavy atom. The largest absolute Gasteiger partial charge is 0.417 e. The lowest BCUT2D eigenvalue weighted by Gasteiger charge is -2.15. The van der Waals surface area contributed by atoms with Crippen LogP contribution in [0.1, 0.15) is 5.56 Å². The molecule has 0 aliphatic carbocycles. The normalized spacial score (nSPS) is 12.2. The van der Waals surface area contributed by atoms with Crippen molar-refractivity contribution in [3.63, 3.8) is 0 Å². The highest BCUT2D eigenvalue weighted by molar-refractivity contribution is 7.89. The predicted molar refractivity (Wildman–Crippen MR) is 105 cm³/mol. The molecule has 2 aromatic carbocycles. The lowest BCUT2D eigenvalue weighted by Crippen LogP contribution is -2.18. The first-order valence-electron chi connectivity index (χ1n) is 8.21. The highest BCUT2D eigenvalue weighted by Gasteiger charge is 2.33. The van der Waals surface area contributed by atoms with Crippen LogP contribution in [0.3, 0.4) is 0 Å². The molecule has 11 heteroatoms. The number of sulfonamides is 1. The van der Waals surface area contributed by atoms with E-state index in [9.17, 15) is 21.6 Å². The molecule has 2 N–H and O–H groups in total. The van der Waals surface area contributed by atoms with Crippen LogP contribution in [0.4, 0.5) is 24.5 Å². The summed E-state index contributed by atoms with van der Waals surface area (Å²) in [6, 6.07) is 7.65. The number of hydrogen-bond acceptors (Lipinski definition) is 4. The van der Waals surface area contributed by atoms with Gasteiger partial charge in [0.15, 0.2) is 0 Å². The van der Waals surface area contributed by atoms with Gasteiger partial charge in [-0.15, -0.1) is 0 Å². The molecule has 3 rings (SSSR count). The van der Waals surface area contributed by atoms with E-state index < -0.39 is 26.8 Å². The summed E-state index contributed by atoms with van der Waals surface area (Å²) in [5.74, 6) is 0. The van der Waals surface area contributed by atoms with Crippen molar-refractivity contribution in [1.82, 2.24) is 14.3 Å². The molecule has 0 atom stereocenters. The Morgan fingerprint density at radius 2 is 1.86 bits per heavy atom. The molecule has 6 nitrogen and oxygen atoms in total. The highest BCUT2D eigenvalue weighted by Crippen LogP contribution is 2.38. The molecule has 0 unspecified atom stereocenters. The van der Waals surface area contributed by atoms with Crippen LogP contribution in [0.15, 0.2) is 53.8 Å². The zero-order chi connectivity index (χ0) is 21.4. The van der Waals surface area contributed by atoms with Crippen LogP contribution in [0, 0.1) is 0 Å². The number of anilines is 2. The van der Waals surface area contributed by atoms with Crippen molar-refractivity contribution in [2.75, 3.05) is 12.4 Å². The van der Waals surface area contributed by atoms with Gasteiger partial charge < -0.3 is 9.88 Å². The SMILES string of the molecule is CNS(=O)(=O)c1ccc(Nc2ccc(Cl)c(C(F)(F)F)c2)c(-c2cn(C)cn2)c1. The number of nitrogens with zero attached hydrogens (tertiary/aromatic N) is 2. The molecule has 0 radical (unpaired) electrons. The second-order valence-electron chi connectivity index (χ2n) is 6.16. The Hall–Kier alpha value is -2.56. The molecule has 0 amide bonds. The van der Waals surface area contributed by atoms with E-state index in [1.54, 1.807) is 17.8 Å². The Balaban J connectivity index is 2.10. The molecule has 0 spiro atoms. The Morgan fingerprint density at radius 1 is 1.14 bits per heavy atom. The van der Waals surface area contributed by atoms with Crippen molar-refractivity contribution < 1.29 is 21.6 Å². The maximum atomic E-state index is 13.1. The molecule has 0 aliphatic heterocycles. The van der Waals surface area contributed by atoms with Crippen LogP contribution < -0.4 is 10.0 Å². The van der Waals surface area contributed by atoms with E-state index in [2.05, 4.69) is 15.0 Å². The molecule has 154 valence electrons. The molecule has 1 aromatic heterocycles. The lowest BCUT2D eigenvalue weighted by atomic mass is 10.1. The van der Waals surface area contributed by atoms with E-state index in [0.29, 0.717) is 16.9 Å². The van der Waals surface area contributed by atoms with Gasteiger partial charge in [-0.25, -0.2) is 18.1 Å². The standard InChI is InChI=1S/C18H16ClF3N4O2S/c1-23-29(27,28)12-4-6-16(13(8-12)17-9-26(2)10-24-17)25-11-3-5-15(19)14(7-11)18(20,21)22/h3-10,23,25H,1-2H3. The number of aromatic nitrogens is 2. The third-order valence-corrected chi connectivity index (χ3v) is 5.84. The summed E-state index contributed by atoms with van der Waals surface area (Å²) in [5.41, 5.74) is 0.411. The van der Waals surface area contributed by atoms with Gasteiger partial charge in [-0.3, -0.25) is 0 Å². The average molecular weight is 445 g/mol. The first-order valence-corrected chi connectivity index (χ1v) is 10.1. The summed E-state index contributed by atoms with van der Waals surface area (Å²) in [6.45, 7) is 0. The molecule has 0 saturated carbocycles. The highest BCUT2D eigenvalue weighted by atomic mass is 35.5. The summed E-state index contributed by atoms with van der Waals surface area (Å²) in [7, 11) is -0.693. The molecule has 0 aliphatic rings. The van der Waals surface area contributed by atoms with E-state index in [1.807, 2.05) is 0 Å². The van der Waals surface area contributed by atoms with Crippen LogP contribution in [0.25, 0.3) is 11.3 Å². The third-order valence-electron chi connectivity index (χ3n) is 4.10. The van der Waals surface area contributed by atoms with Crippen LogP contribution in [0.2, 0.25) is 5.02 Å². The lowest BCUT2D eigenvalue weighted by molar-refractivity contribution is -0.137. The monoisotopic (exact) mass is 444 g/mol. The number of halogens is 4. The average Bonchev–Trinajstić information content (AvgIpc) is 3.08. The number of alkyl halides is 3. The summed E-state index contributed by atoms with van der Waals surface area (Å²) >= 11 is 5.67. The van der Waals surface area contributed by atoms with Crippen LogP contribution in [-0.2, 0) is 23.2 Å². The van der Waals surface area contributed by atoms with E-state index in [4.69, 9.17) is 11.6 Å². The molecular formula is C18H16ClF3N4O2S. The van der Waals surface area contributed by atoms with Crippen molar-refractivity contribution >= 4 is 33.0 Å². The van der Waals surface area contributed by atoms with Gasteiger partial charge in [-0.05, 0) is 43.4 Å². The number of imidazole rings is 1. The first-order chi connectivity index (χ1) is 13.5. The first kappa shape index (κ1) is 21.2. The number of hydrogen-bond donors (Lipinski definition) is 2. The number of aryl methyl sites for hydroxylation is 1. The molecule has 1 heterocycles. The maximum absolute atomic E-state index is 13.1. The van der Waals surface area contributed by atoms with E-state index >= 15 is 0 Å². The molecule has 3 aromatic rings. The smallest absolute Gasteiger partial charge is 0.355 e. The van der Waals surface area contributed by atoms with Crippen LogP contribution >= 0.6 is 11.6 Å². The zero-order valence-corrected chi connectivity index (χ0v) is 16.8. The third kappa shape index (κ3) is 4.55. The quantitative estimate of drug-likeness (QED) is 0.611. The fourth-order valence-corrected chi connectivity index (χ4v) is 3.64. The summed E-state index contributed by atoms with van der Waals surface area (Å²) in [4.78, 5) is 4.21. The Labute approximate surface area is 170 Å². The summed E-state index contributed by atoms with van der Waals surface area (Å²) in [5, 5.41) is 2.48. The predicted octanol–water partition coefficient (Wildman–Crippen LogP) is 4.41.